The van der Waals surface area contributed by atoms with Gasteiger partial charge < -0.3 is 9.38 Å². The van der Waals surface area contributed by atoms with Crippen molar-refractivity contribution in [3.8, 4) is 0 Å². The average Bonchev–Trinajstić information content (AvgIpc) is 2.93. The van der Waals surface area contributed by atoms with Crippen molar-refractivity contribution in [2.45, 2.75) is 20.3 Å². The maximum atomic E-state index is 5.70. The lowest BCUT2D eigenvalue weighted by Gasteiger charge is -2.25. The lowest BCUT2D eigenvalue weighted by molar-refractivity contribution is -0.870. The van der Waals surface area contributed by atoms with E-state index in [1.165, 1.54) is 22.9 Å². The van der Waals surface area contributed by atoms with Crippen LogP contribution >= 0.6 is 48.0 Å². The van der Waals surface area contributed by atoms with Gasteiger partial charge in [-0.15, -0.1) is 24.0 Å². The van der Waals surface area contributed by atoms with Crippen LogP contribution in [0.5, 0.6) is 0 Å². The third-order valence-electron chi connectivity index (χ3n) is 4.60. The van der Waals surface area contributed by atoms with Crippen LogP contribution in [-0.2, 0) is 0 Å². The van der Waals surface area contributed by atoms with E-state index in [1.54, 1.807) is 0 Å². The number of thioether (sulfide) groups is 1. The molecule has 2 aromatic carbocycles. The molecule has 4 nitrogen and oxygen atoms in total. The largest absolute Gasteiger partial charge is 0.331 e. The number of aliphatic imine (C=N–C) groups is 2. The molecule has 0 N–H and O–H groups in total. The standard InChI is InChI=1S/C23H29N4S2.HI/c1-17-7-11-19(12-8-17)24-21-22(25-20-13-9-18(2)10-14-20)29-23(28)26(21)15-6-16-27(3,4)5;/h7-14H,6,15-16H2,1-5H3;1H/q+1;. The molecular formula is C23H30IN4S2+. The Balaban J connectivity index is 0.00000320. The van der Waals surface area contributed by atoms with Gasteiger partial charge >= 0.3 is 0 Å². The summed E-state index contributed by atoms with van der Waals surface area (Å²) in [6, 6.07) is 16.5. The highest BCUT2D eigenvalue weighted by molar-refractivity contribution is 14.0. The van der Waals surface area contributed by atoms with Gasteiger partial charge in [0.05, 0.1) is 39.1 Å². The van der Waals surface area contributed by atoms with Gasteiger partial charge in [-0.05, 0) is 49.9 Å². The number of thiocarbonyl (C=S) groups is 1. The zero-order chi connectivity index (χ0) is 21.0. The Labute approximate surface area is 207 Å². The Kier molecular flexibility index (Phi) is 9.02. The third-order valence-corrected chi connectivity index (χ3v) is 5.93. The minimum absolute atomic E-state index is 0. The molecule has 2 aromatic rings. The first-order chi connectivity index (χ1) is 13.7. The number of rotatable bonds is 6. The van der Waals surface area contributed by atoms with Crippen molar-refractivity contribution in [1.82, 2.24) is 4.90 Å². The second-order valence-corrected chi connectivity index (χ2v) is 10.0. The summed E-state index contributed by atoms with van der Waals surface area (Å²) < 4.78 is 1.76. The van der Waals surface area contributed by atoms with Crippen LogP contribution in [0, 0.1) is 13.8 Å². The second-order valence-electron chi connectivity index (χ2n) is 8.41. The van der Waals surface area contributed by atoms with Crippen molar-refractivity contribution >= 4 is 74.5 Å². The fourth-order valence-electron chi connectivity index (χ4n) is 2.94. The number of quaternary nitrogens is 1. The van der Waals surface area contributed by atoms with Gasteiger partial charge in [0.1, 0.15) is 9.36 Å². The zero-order valence-corrected chi connectivity index (χ0v) is 22.2. The predicted octanol–water partition coefficient (Wildman–Crippen LogP) is 6.11. The van der Waals surface area contributed by atoms with Gasteiger partial charge in [-0.2, -0.15) is 0 Å². The monoisotopic (exact) mass is 553 g/mol. The van der Waals surface area contributed by atoms with Crippen LogP contribution in [0.2, 0.25) is 0 Å². The summed E-state index contributed by atoms with van der Waals surface area (Å²) in [6.07, 6.45) is 1.04. The Morgan fingerprint density at radius 3 is 1.87 bits per heavy atom. The molecule has 0 spiro atoms. The minimum atomic E-state index is 0. The molecule has 1 fully saturated rings. The first kappa shape index (κ1) is 25.0. The predicted molar refractivity (Wildman–Crippen MR) is 146 cm³/mol. The molecule has 1 heterocycles. The van der Waals surface area contributed by atoms with E-state index in [4.69, 9.17) is 22.2 Å². The summed E-state index contributed by atoms with van der Waals surface area (Å²) >= 11 is 7.23. The van der Waals surface area contributed by atoms with Crippen molar-refractivity contribution in [2.24, 2.45) is 9.98 Å². The topological polar surface area (TPSA) is 28.0 Å². The number of nitrogens with zero attached hydrogens (tertiary/aromatic N) is 4. The SMILES string of the molecule is Cc1ccc(N=C2SC(=S)N(CCC[N+](C)(C)C)C2=Nc2ccc(C)cc2)cc1.I. The van der Waals surface area contributed by atoms with E-state index >= 15 is 0 Å². The molecule has 0 aliphatic carbocycles. The highest BCUT2D eigenvalue weighted by atomic mass is 127. The highest BCUT2D eigenvalue weighted by Gasteiger charge is 2.32. The number of aryl methyl sites for hydroxylation is 2. The lowest BCUT2D eigenvalue weighted by Crippen LogP contribution is -2.38. The molecule has 0 bridgehead atoms. The zero-order valence-electron chi connectivity index (χ0n) is 18.3. The molecule has 0 amide bonds. The Morgan fingerprint density at radius 2 is 1.37 bits per heavy atom. The molecule has 0 radical (unpaired) electrons. The van der Waals surface area contributed by atoms with Gasteiger partial charge in [-0.3, -0.25) is 0 Å². The maximum absolute atomic E-state index is 5.70. The molecule has 7 heteroatoms. The van der Waals surface area contributed by atoms with Crippen molar-refractivity contribution in [1.29, 1.82) is 0 Å². The summed E-state index contributed by atoms with van der Waals surface area (Å²) in [6.45, 7) is 6.08. The highest BCUT2D eigenvalue weighted by Crippen LogP contribution is 2.29. The molecule has 0 aromatic heterocycles. The number of amidine groups is 1. The van der Waals surface area contributed by atoms with E-state index in [-0.39, 0.29) is 24.0 Å². The number of hydrogen-bond acceptors (Lipinski definition) is 4. The van der Waals surface area contributed by atoms with Gasteiger partial charge in [0.2, 0.25) is 0 Å². The maximum Gasteiger partial charge on any atom is 0.167 e. The molecule has 0 atom stereocenters. The van der Waals surface area contributed by atoms with Crippen molar-refractivity contribution < 1.29 is 4.48 Å². The Bertz CT molecular complexity index is 929. The van der Waals surface area contributed by atoms with E-state index in [9.17, 15) is 0 Å². The molecule has 1 aliphatic heterocycles. The van der Waals surface area contributed by atoms with Crippen molar-refractivity contribution in [2.75, 3.05) is 34.2 Å². The summed E-state index contributed by atoms with van der Waals surface area (Å²) in [5.74, 6) is 0.853. The number of halogens is 1. The number of hydrogen-bond donors (Lipinski definition) is 0. The lowest BCUT2D eigenvalue weighted by atomic mass is 10.2. The van der Waals surface area contributed by atoms with Gasteiger partial charge in [-0.1, -0.05) is 47.6 Å². The van der Waals surface area contributed by atoms with E-state index < -0.39 is 0 Å². The quantitative estimate of drug-likeness (QED) is 0.246. The normalized spacial score (nSPS) is 17.0. The molecule has 1 saturated heterocycles. The third kappa shape index (κ3) is 7.14. The fraction of sp³-hybridized carbons (Fsp3) is 0.348. The molecule has 160 valence electrons. The molecule has 3 rings (SSSR count). The van der Waals surface area contributed by atoms with Crippen LogP contribution in [0.4, 0.5) is 11.4 Å². The molecule has 0 saturated carbocycles. The van der Waals surface area contributed by atoms with Crippen LogP contribution < -0.4 is 0 Å². The molecular weight excluding hydrogens is 523 g/mol. The second kappa shape index (κ2) is 10.8. The van der Waals surface area contributed by atoms with Gasteiger partial charge in [-0.25, -0.2) is 9.98 Å². The van der Waals surface area contributed by atoms with Crippen molar-refractivity contribution in [3.05, 3.63) is 59.7 Å². The Hall–Kier alpha value is -1.29. The van der Waals surface area contributed by atoms with E-state index in [1.807, 2.05) is 24.3 Å². The fourth-order valence-corrected chi connectivity index (χ4v) is 4.21. The smallest absolute Gasteiger partial charge is 0.167 e. The minimum Gasteiger partial charge on any atom is -0.331 e. The van der Waals surface area contributed by atoms with Crippen LogP contribution in [0.3, 0.4) is 0 Å². The van der Waals surface area contributed by atoms with Gasteiger partial charge in [0.25, 0.3) is 0 Å². The summed E-state index contributed by atoms with van der Waals surface area (Å²) in [5, 5.41) is 0.865. The van der Waals surface area contributed by atoms with Crippen LogP contribution in [0.1, 0.15) is 17.5 Å². The van der Waals surface area contributed by atoms with Crippen molar-refractivity contribution in [3.63, 3.8) is 0 Å². The first-order valence-electron chi connectivity index (χ1n) is 9.82. The molecule has 0 unspecified atom stereocenters. The summed E-state index contributed by atoms with van der Waals surface area (Å²) in [7, 11) is 6.63. The van der Waals surface area contributed by atoms with E-state index in [2.05, 4.69) is 64.2 Å². The number of benzene rings is 2. The van der Waals surface area contributed by atoms with Crippen LogP contribution in [0.25, 0.3) is 0 Å². The Morgan fingerprint density at radius 1 is 0.867 bits per heavy atom. The van der Waals surface area contributed by atoms with E-state index in [0.717, 1.165) is 50.6 Å². The summed E-state index contributed by atoms with van der Waals surface area (Å²) in [5.41, 5.74) is 4.28. The average molecular weight is 554 g/mol. The van der Waals surface area contributed by atoms with Gasteiger partial charge in [0, 0.05) is 13.0 Å². The first-order valence-corrected chi connectivity index (χ1v) is 11.0. The van der Waals surface area contributed by atoms with Crippen LogP contribution in [-0.4, -0.2) is 58.8 Å². The van der Waals surface area contributed by atoms with E-state index in [0.29, 0.717) is 0 Å². The van der Waals surface area contributed by atoms with Gasteiger partial charge in [0.15, 0.2) is 5.84 Å². The van der Waals surface area contributed by atoms with Crippen LogP contribution in [0.15, 0.2) is 58.5 Å². The molecule has 1 aliphatic rings. The summed E-state index contributed by atoms with van der Waals surface area (Å²) in [4.78, 5) is 11.9. The molecule has 30 heavy (non-hydrogen) atoms.